The third kappa shape index (κ3) is 6.14. The van der Waals surface area contributed by atoms with E-state index in [1.54, 1.807) is 0 Å². The molecule has 0 aliphatic rings. The summed E-state index contributed by atoms with van der Waals surface area (Å²) in [7, 11) is 0. The molecule has 28 heavy (non-hydrogen) atoms. The van der Waals surface area contributed by atoms with Crippen LogP contribution >= 0.6 is 0 Å². The number of carbonyl (C=O) groups is 1. The number of aliphatic carboxylic acids is 1. The van der Waals surface area contributed by atoms with E-state index in [-0.39, 0.29) is 6.54 Å². The molecule has 0 saturated carbocycles. The number of hydrogen-bond donors (Lipinski definition) is 2. The quantitative estimate of drug-likeness (QED) is 0.559. The minimum atomic E-state index is -0.886. The van der Waals surface area contributed by atoms with Crippen LogP contribution in [0.2, 0.25) is 0 Å². The molecule has 0 fully saturated rings. The molecule has 144 valence electrons. The maximum atomic E-state index is 10.7. The first-order valence-electron chi connectivity index (χ1n) is 9.09. The Morgan fingerprint density at radius 1 is 0.750 bits per heavy atom. The predicted octanol–water partition coefficient (Wildman–Crippen LogP) is 4.02. The highest BCUT2D eigenvalue weighted by Gasteiger charge is 2.09. The Bertz CT molecular complexity index is 882. The Morgan fingerprint density at radius 3 is 1.89 bits per heavy atom. The topological polar surface area (TPSA) is 67.8 Å². The molecule has 5 nitrogen and oxygen atoms in total. The molecule has 0 unspecified atom stereocenters. The van der Waals surface area contributed by atoms with E-state index < -0.39 is 5.97 Å². The number of carboxylic acids is 1. The van der Waals surface area contributed by atoms with Gasteiger partial charge in [0.2, 0.25) is 0 Å². The molecule has 0 heterocycles. The summed E-state index contributed by atoms with van der Waals surface area (Å²) in [6, 6.07) is 25.5. The van der Waals surface area contributed by atoms with Gasteiger partial charge >= 0.3 is 5.97 Å². The highest BCUT2D eigenvalue weighted by atomic mass is 16.5. The van der Waals surface area contributed by atoms with E-state index >= 15 is 0 Å². The fourth-order valence-corrected chi connectivity index (χ4v) is 2.68. The summed E-state index contributed by atoms with van der Waals surface area (Å²) in [4.78, 5) is 10.7. The number of rotatable bonds is 10. The van der Waals surface area contributed by atoms with Gasteiger partial charge in [0.05, 0.1) is 6.54 Å². The summed E-state index contributed by atoms with van der Waals surface area (Å²) in [5.74, 6) is 0.402. The van der Waals surface area contributed by atoms with Crippen LogP contribution in [0.25, 0.3) is 0 Å². The van der Waals surface area contributed by atoms with E-state index in [0.29, 0.717) is 31.3 Å². The summed E-state index contributed by atoms with van der Waals surface area (Å²) in [6.45, 7) is 1.22. The van der Waals surface area contributed by atoms with Gasteiger partial charge in [-0.1, -0.05) is 66.7 Å². The molecule has 0 amide bonds. The van der Waals surface area contributed by atoms with Crippen LogP contribution in [0, 0.1) is 0 Å². The lowest BCUT2D eigenvalue weighted by Gasteiger charge is -2.15. The van der Waals surface area contributed by atoms with Gasteiger partial charge in [0.15, 0.2) is 11.5 Å². The van der Waals surface area contributed by atoms with Crippen molar-refractivity contribution >= 4 is 5.97 Å². The van der Waals surface area contributed by atoms with Crippen molar-refractivity contribution in [3.05, 3.63) is 95.6 Å². The molecular formula is C23H23NO4. The van der Waals surface area contributed by atoms with Gasteiger partial charge in [0.1, 0.15) is 13.2 Å². The van der Waals surface area contributed by atoms with Crippen molar-refractivity contribution in [1.29, 1.82) is 0 Å². The Labute approximate surface area is 164 Å². The van der Waals surface area contributed by atoms with Crippen LogP contribution < -0.4 is 14.8 Å². The average molecular weight is 377 g/mol. The number of benzene rings is 3. The summed E-state index contributed by atoms with van der Waals surface area (Å²) in [5, 5.41) is 11.7. The van der Waals surface area contributed by atoms with E-state index in [0.717, 1.165) is 16.7 Å². The highest BCUT2D eigenvalue weighted by Crippen LogP contribution is 2.30. The van der Waals surface area contributed by atoms with Crippen molar-refractivity contribution in [2.75, 3.05) is 6.54 Å². The summed E-state index contributed by atoms with van der Waals surface area (Å²) in [5.41, 5.74) is 3.06. The van der Waals surface area contributed by atoms with Gasteiger partial charge in [-0.05, 0) is 28.8 Å². The van der Waals surface area contributed by atoms with Crippen LogP contribution in [0.5, 0.6) is 11.5 Å². The van der Waals surface area contributed by atoms with E-state index in [1.165, 1.54) is 0 Å². The Hall–Kier alpha value is -3.31. The third-order valence-corrected chi connectivity index (χ3v) is 4.09. The number of nitrogens with one attached hydrogen (secondary N) is 1. The molecular weight excluding hydrogens is 354 g/mol. The van der Waals surface area contributed by atoms with Crippen LogP contribution in [0.4, 0.5) is 0 Å². The molecule has 5 heteroatoms. The molecule has 3 aromatic rings. The lowest BCUT2D eigenvalue weighted by Crippen LogP contribution is -2.21. The normalized spacial score (nSPS) is 10.4. The minimum Gasteiger partial charge on any atom is -0.485 e. The van der Waals surface area contributed by atoms with E-state index in [1.807, 2.05) is 78.9 Å². The zero-order valence-corrected chi connectivity index (χ0v) is 15.5. The molecule has 2 N–H and O–H groups in total. The van der Waals surface area contributed by atoms with Gasteiger partial charge in [0.25, 0.3) is 0 Å². The van der Waals surface area contributed by atoms with E-state index in [9.17, 15) is 4.79 Å². The lowest BCUT2D eigenvalue weighted by molar-refractivity contribution is -0.135. The molecule has 3 rings (SSSR count). The Morgan fingerprint density at radius 2 is 1.32 bits per heavy atom. The Balaban J connectivity index is 1.71. The largest absolute Gasteiger partial charge is 0.485 e. The first-order chi connectivity index (χ1) is 13.7. The van der Waals surface area contributed by atoms with Crippen molar-refractivity contribution in [3.63, 3.8) is 0 Å². The van der Waals surface area contributed by atoms with Gasteiger partial charge in [-0.15, -0.1) is 0 Å². The maximum absolute atomic E-state index is 10.7. The van der Waals surface area contributed by atoms with Gasteiger partial charge in [-0.25, -0.2) is 0 Å². The fourth-order valence-electron chi connectivity index (χ4n) is 2.68. The smallest absolute Gasteiger partial charge is 0.317 e. The summed E-state index contributed by atoms with van der Waals surface area (Å²) >= 11 is 0. The molecule has 0 aliphatic carbocycles. The molecule has 0 spiro atoms. The summed E-state index contributed by atoms with van der Waals surface area (Å²) in [6.07, 6.45) is 0. The number of hydrogen-bond acceptors (Lipinski definition) is 4. The van der Waals surface area contributed by atoms with Crippen LogP contribution in [-0.4, -0.2) is 17.6 Å². The van der Waals surface area contributed by atoms with Crippen molar-refractivity contribution < 1.29 is 19.4 Å². The van der Waals surface area contributed by atoms with Gasteiger partial charge in [0, 0.05) is 6.54 Å². The molecule has 0 saturated heterocycles. The van der Waals surface area contributed by atoms with E-state index in [2.05, 4.69) is 5.32 Å². The lowest BCUT2D eigenvalue weighted by atomic mass is 10.2. The second-order valence-corrected chi connectivity index (χ2v) is 6.33. The van der Waals surface area contributed by atoms with Crippen LogP contribution in [0.3, 0.4) is 0 Å². The zero-order chi connectivity index (χ0) is 19.6. The van der Waals surface area contributed by atoms with Crippen molar-refractivity contribution in [2.45, 2.75) is 19.8 Å². The maximum Gasteiger partial charge on any atom is 0.317 e. The zero-order valence-electron chi connectivity index (χ0n) is 15.5. The number of carboxylic acid groups (broad SMARTS) is 1. The SMILES string of the molecule is O=C(O)CNCc1ccc(OCc2ccccc2)c(OCc2ccccc2)c1. The average Bonchev–Trinajstić information content (AvgIpc) is 2.73. The van der Waals surface area contributed by atoms with Crippen molar-refractivity contribution in [3.8, 4) is 11.5 Å². The number of ether oxygens (including phenoxy) is 2. The minimum absolute atomic E-state index is 0.0908. The first-order valence-corrected chi connectivity index (χ1v) is 9.09. The molecule has 0 aliphatic heterocycles. The molecule has 0 atom stereocenters. The monoisotopic (exact) mass is 377 g/mol. The van der Waals surface area contributed by atoms with Crippen LogP contribution in [0.15, 0.2) is 78.9 Å². The molecule has 0 aromatic heterocycles. The fraction of sp³-hybridized carbons (Fsp3) is 0.174. The molecule has 0 radical (unpaired) electrons. The van der Waals surface area contributed by atoms with Crippen LogP contribution in [0.1, 0.15) is 16.7 Å². The van der Waals surface area contributed by atoms with Crippen molar-refractivity contribution in [2.24, 2.45) is 0 Å². The van der Waals surface area contributed by atoms with Gasteiger partial charge in [-0.2, -0.15) is 0 Å². The van der Waals surface area contributed by atoms with Crippen molar-refractivity contribution in [1.82, 2.24) is 5.32 Å². The van der Waals surface area contributed by atoms with E-state index in [4.69, 9.17) is 14.6 Å². The van der Waals surface area contributed by atoms with Gasteiger partial charge in [-0.3, -0.25) is 4.79 Å². The van der Waals surface area contributed by atoms with Crippen LogP contribution in [-0.2, 0) is 24.6 Å². The summed E-state index contributed by atoms with van der Waals surface area (Å²) < 4.78 is 12.0. The first kappa shape index (κ1) is 19.5. The second kappa shape index (κ2) is 10.1. The highest BCUT2D eigenvalue weighted by molar-refractivity contribution is 5.69. The third-order valence-electron chi connectivity index (χ3n) is 4.09. The Kier molecular flexibility index (Phi) is 7.04. The second-order valence-electron chi connectivity index (χ2n) is 6.33. The standard InChI is InChI=1S/C23H23NO4/c25-23(26)15-24-14-20-11-12-21(27-16-18-7-3-1-4-8-18)22(13-20)28-17-19-9-5-2-6-10-19/h1-13,24H,14-17H2,(H,25,26). The van der Waals surface area contributed by atoms with Gasteiger partial charge < -0.3 is 19.9 Å². The molecule has 3 aromatic carbocycles. The predicted molar refractivity (Wildman–Crippen MR) is 107 cm³/mol. The molecule has 0 bridgehead atoms.